The zero-order valence-corrected chi connectivity index (χ0v) is 17.5. The third kappa shape index (κ3) is 5.32. The van der Waals surface area contributed by atoms with Gasteiger partial charge in [-0.1, -0.05) is 13.8 Å². The Morgan fingerprint density at radius 3 is 2.57 bits per heavy atom. The summed E-state index contributed by atoms with van der Waals surface area (Å²) in [6.07, 6.45) is 0.557. The summed E-state index contributed by atoms with van der Waals surface area (Å²) in [5, 5.41) is 19.0. The van der Waals surface area contributed by atoms with Crippen LogP contribution in [0.5, 0.6) is 0 Å². The number of carbonyl (C=O) groups excluding carboxylic acids is 1. The Morgan fingerprint density at radius 1 is 1.17 bits per heavy atom. The molecule has 0 N–H and O–H groups in total. The van der Waals surface area contributed by atoms with Crippen molar-refractivity contribution in [2.24, 2.45) is 5.92 Å². The number of aromatic nitrogens is 2. The van der Waals surface area contributed by atoms with Crippen molar-refractivity contribution >= 4 is 11.8 Å². The average molecular weight is 417 g/mol. The third-order valence-electron chi connectivity index (χ3n) is 5.00. The van der Waals surface area contributed by atoms with Crippen molar-refractivity contribution < 1.29 is 18.9 Å². The minimum atomic E-state index is -0.452. The van der Waals surface area contributed by atoms with Gasteiger partial charge in [0.05, 0.1) is 17.6 Å². The maximum Gasteiger partial charge on any atom is 0.409 e. The lowest BCUT2D eigenvalue weighted by molar-refractivity contribution is -0.384. The fourth-order valence-electron chi connectivity index (χ4n) is 3.24. The fourth-order valence-corrected chi connectivity index (χ4v) is 3.24. The number of amides is 1. The van der Waals surface area contributed by atoms with Crippen LogP contribution in [0, 0.1) is 16.0 Å². The lowest BCUT2D eigenvalue weighted by Crippen LogP contribution is -2.36. The lowest BCUT2D eigenvalue weighted by Gasteiger charge is -2.25. The first kappa shape index (κ1) is 21.7. The fraction of sp³-hybridized carbons (Fsp3) is 0.550. The Kier molecular flexibility index (Phi) is 6.99. The molecule has 1 amide bonds. The van der Waals surface area contributed by atoms with Crippen molar-refractivity contribution in [3.63, 3.8) is 0 Å². The molecule has 1 atom stereocenters. The summed E-state index contributed by atoms with van der Waals surface area (Å²) in [6, 6.07) is 5.88. The maximum atomic E-state index is 12.2. The van der Waals surface area contributed by atoms with Gasteiger partial charge in [-0.25, -0.2) is 4.79 Å². The predicted octanol–water partition coefficient (Wildman–Crippen LogP) is 3.51. The summed E-state index contributed by atoms with van der Waals surface area (Å²) in [4.78, 5) is 26.5. The standard InChI is InChI=1S/C20H27N5O5/c1-14(2)13-29-20(26)24-10-4-9-23(11-12-24)15(3)18-21-22-19(30-18)16-5-7-17(8-6-16)25(27)28/h5-8,14-15H,4,9-13H2,1-3H3. The van der Waals surface area contributed by atoms with Gasteiger partial charge in [-0.05, 0) is 31.4 Å². The molecule has 1 saturated heterocycles. The number of benzene rings is 1. The molecule has 10 heteroatoms. The van der Waals surface area contributed by atoms with E-state index in [-0.39, 0.29) is 17.8 Å². The summed E-state index contributed by atoms with van der Waals surface area (Å²) in [5.41, 5.74) is 0.634. The van der Waals surface area contributed by atoms with Crippen molar-refractivity contribution in [3.8, 4) is 11.5 Å². The molecule has 0 radical (unpaired) electrons. The van der Waals surface area contributed by atoms with Crippen LogP contribution in [-0.4, -0.2) is 63.8 Å². The number of hydrogen-bond donors (Lipinski definition) is 0. The van der Waals surface area contributed by atoms with Crippen molar-refractivity contribution in [1.29, 1.82) is 0 Å². The van der Waals surface area contributed by atoms with Crippen molar-refractivity contribution in [2.45, 2.75) is 33.2 Å². The molecule has 1 aliphatic heterocycles. The first-order valence-electron chi connectivity index (χ1n) is 10.1. The summed E-state index contributed by atoms with van der Waals surface area (Å²) in [6.45, 7) is 9.12. The molecule has 1 aromatic carbocycles. The number of nitro benzene ring substituents is 1. The Balaban J connectivity index is 1.61. The molecular formula is C20H27N5O5. The van der Waals surface area contributed by atoms with E-state index in [1.54, 1.807) is 17.0 Å². The Labute approximate surface area is 175 Å². The van der Waals surface area contributed by atoms with Crippen LogP contribution in [-0.2, 0) is 4.74 Å². The highest BCUT2D eigenvalue weighted by atomic mass is 16.6. The van der Waals surface area contributed by atoms with E-state index in [1.807, 2.05) is 20.8 Å². The summed E-state index contributed by atoms with van der Waals surface area (Å²) in [7, 11) is 0. The molecule has 1 unspecified atom stereocenters. The molecule has 0 bridgehead atoms. The Morgan fingerprint density at radius 2 is 1.90 bits per heavy atom. The molecule has 162 valence electrons. The first-order chi connectivity index (χ1) is 14.3. The van der Waals surface area contributed by atoms with E-state index >= 15 is 0 Å². The lowest BCUT2D eigenvalue weighted by atomic mass is 10.2. The van der Waals surface area contributed by atoms with Gasteiger partial charge < -0.3 is 14.1 Å². The topological polar surface area (TPSA) is 115 Å². The van der Waals surface area contributed by atoms with Crippen LogP contribution in [0.2, 0.25) is 0 Å². The summed E-state index contributed by atoms with van der Waals surface area (Å²) < 4.78 is 11.2. The molecule has 0 spiro atoms. The van der Waals surface area contributed by atoms with Gasteiger partial charge in [0, 0.05) is 43.9 Å². The highest BCUT2D eigenvalue weighted by Crippen LogP contribution is 2.26. The second-order valence-corrected chi connectivity index (χ2v) is 7.77. The normalized spacial score (nSPS) is 16.3. The Hall–Kier alpha value is -3.01. The van der Waals surface area contributed by atoms with Crippen LogP contribution in [0.4, 0.5) is 10.5 Å². The second-order valence-electron chi connectivity index (χ2n) is 7.77. The zero-order valence-electron chi connectivity index (χ0n) is 17.5. The Bertz CT molecular complexity index is 867. The zero-order chi connectivity index (χ0) is 21.7. The molecular weight excluding hydrogens is 390 g/mol. The minimum absolute atomic E-state index is 0.00731. The quantitative estimate of drug-likeness (QED) is 0.518. The van der Waals surface area contributed by atoms with Gasteiger partial charge in [0.15, 0.2) is 0 Å². The number of nitro groups is 1. The molecule has 1 aliphatic rings. The second kappa shape index (κ2) is 9.66. The van der Waals surface area contributed by atoms with E-state index in [0.29, 0.717) is 49.5 Å². The minimum Gasteiger partial charge on any atom is -0.449 e. The van der Waals surface area contributed by atoms with E-state index in [1.165, 1.54) is 12.1 Å². The molecule has 30 heavy (non-hydrogen) atoms. The van der Waals surface area contributed by atoms with Crippen LogP contribution < -0.4 is 0 Å². The van der Waals surface area contributed by atoms with Gasteiger partial charge in [0.2, 0.25) is 11.8 Å². The maximum absolute atomic E-state index is 12.2. The van der Waals surface area contributed by atoms with Crippen LogP contribution >= 0.6 is 0 Å². The van der Waals surface area contributed by atoms with E-state index in [2.05, 4.69) is 15.1 Å². The van der Waals surface area contributed by atoms with Gasteiger partial charge in [0.1, 0.15) is 0 Å². The van der Waals surface area contributed by atoms with Crippen LogP contribution in [0.3, 0.4) is 0 Å². The molecule has 2 heterocycles. The SMILES string of the molecule is CC(C)COC(=O)N1CCCN(C(C)c2nnc(-c3ccc([N+](=O)[O-])cc3)o2)CC1. The van der Waals surface area contributed by atoms with E-state index < -0.39 is 4.92 Å². The van der Waals surface area contributed by atoms with Gasteiger partial charge in [-0.15, -0.1) is 10.2 Å². The molecule has 3 rings (SSSR count). The molecule has 0 saturated carbocycles. The number of ether oxygens (including phenoxy) is 1. The highest BCUT2D eigenvalue weighted by Gasteiger charge is 2.26. The van der Waals surface area contributed by atoms with Crippen molar-refractivity contribution in [3.05, 3.63) is 40.3 Å². The summed E-state index contributed by atoms with van der Waals surface area (Å²) in [5.74, 6) is 1.10. The van der Waals surface area contributed by atoms with E-state index in [9.17, 15) is 14.9 Å². The smallest absolute Gasteiger partial charge is 0.409 e. The number of non-ortho nitro benzene ring substituents is 1. The van der Waals surface area contributed by atoms with Gasteiger partial charge in [0.25, 0.3) is 5.69 Å². The van der Waals surface area contributed by atoms with Crippen LogP contribution in [0.1, 0.15) is 39.1 Å². The molecule has 1 aromatic heterocycles. The number of rotatable bonds is 6. The largest absolute Gasteiger partial charge is 0.449 e. The predicted molar refractivity (Wildman–Crippen MR) is 109 cm³/mol. The number of carbonyl (C=O) groups is 1. The monoisotopic (exact) mass is 417 g/mol. The van der Waals surface area contributed by atoms with Crippen LogP contribution in [0.15, 0.2) is 28.7 Å². The molecule has 0 aliphatic carbocycles. The first-order valence-corrected chi connectivity index (χ1v) is 10.1. The average Bonchev–Trinajstić information content (AvgIpc) is 3.09. The number of hydrogen-bond acceptors (Lipinski definition) is 8. The highest BCUT2D eigenvalue weighted by molar-refractivity contribution is 5.67. The van der Waals surface area contributed by atoms with Gasteiger partial charge in [-0.3, -0.25) is 15.0 Å². The molecule has 10 nitrogen and oxygen atoms in total. The number of nitrogens with zero attached hydrogens (tertiary/aromatic N) is 5. The van der Waals surface area contributed by atoms with Gasteiger partial charge in [-0.2, -0.15) is 0 Å². The van der Waals surface area contributed by atoms with E-state index in [4.69, 9.17) is 9.15 Å². The third-order valence-corrected chi connectivity index (χ3v) is 5.00. The van der Waals surface area contributed by atoms with Gasteiger partial charge >= 0.3 is 6.09 Å². The van der Waals surface area contributed by atoms with Crippen molar-refractivity contribution in [2.75, 3.05) is 32.8 Å². The van der Waals surface area contributed by atoms with Crippen LogP contribution in [0.25, 0.3) is 11.5 Å². The summed E-state index contributed by atoms with van der Waals surface area (Å²) >= 11 is 0. The van der Waals surface area contributed by atoms with E-state index in [0.717, 1.165) is 13.0 Å². The van der Waals surface area contributed by atoms with Crippen molar-refractivity contribution in [1.82, 2.24) is 20.0 Å². The molecule has 2 aromatic rings. The molecule has 1 fully saturated rings.